The SMILES string of the molecule is Cc1ccc(C(C)NC/C=C/CCl)o1. The van der Waals surface area contributed by atoms with E-state index in [1.807, 2.05) is 31.2 Å². The lowest BCUT2D eigenvalue weighted by atomic mass is 10.2. The number of furan rings is 1. The van der Waals surface area contributed by atoms with Crippen molar-refractivity contribution in [3.05, 3.63) is 35.8 Å². The molecule has 0 aliphatic rings. The number of alkyl halides is 1. The number of hydrogen-bond donors (Lipinski definition) is 1. The van der Waals surface area contributed by atoms with Gasteiger partial charge in [0, 0.05) is 12.4 Å². The summed E-state index contributed by atoms with van der Waals surface area (Å²) in [6.07, 6.45) is 3.94. The summed E-state index contributed by atoms with van der Waals surface area (Å²) in [5.41, 5.74) is 0. The minimum Gasteiger partial charge on any atom is -0.465 e. The van der Waals surface area contributed by atoms with E-state index in [1.54, 1.807) is 0 Å². The van der Waals surface area contributed by atoms with Gasteiger partial charge in [0.05, 0.1) is 6.04 Å². The summed E-state index contributed by atoms with van der Waals surface area (Å²) in [5.74, 6) is 2.49. The molecule has 0 spiro atoms. The smallest absolute Gasteiger partial charge is 0.120 e. The zero-order valence-corrected chi connectivity index (χ0v) is 9.34. The predicted molar refractivity (Wildman–Crippen MR) is 59.7 cm³/mol. The van der Waals surface area contributed by atoms with Crippen molar-refractivity contribution in [3.63, 3.8) is 0 Å². The first-order valence-corrected chi connectivity index (χ1v) is 5.28. The molecule has 1 aromatic rings. The third-order valence-electron chi connectivity index (χ3n) is 1.99. The molecule has 78 valence electrons. The Kier molecular flexibility index (Phi) is 4.77. The Morgan fingerprint density at radius 1 is 1.50 bits per heavy atom. The number of hydrogen-bond acceptors (Lipinski definition) is 2. The van der Waals surface area contributed by atoms with E-state index >= 15 is 0 Å². The van der Waals surface area contributed by atoms with Gasteiger partial charge in [-0.2, -0.15) is 0 Å². The van der Waals surface area contributed by atoms with Crippen molar-refractivity contribution in [2.45, 2.75) is 19.9 Å². The van der Waals surface area contributed by atoms with Gasteiger partial charge in [-0.3, -0.25) is 0 Å². The maximum atomic E-state index is 5.50. The molecule has 1 heterocycles. The highest BCUT2D eigenvalue weighted by molar-refractivity contribution is 6.18. The molecule has 0 saturated heterocycles. The average Bonchev–Trinajstić information content (AvgIpc) is 2.59. The molecule has 1 aromatic heterocycles. The summed E-state index contributed by atoms with van der Waals surface area (Å²) < 4.78 is 5.49. The average molecular weight is 214 g/mol. The number of aryl methyl sites for hydroxylation is 1. The summed E-state index contributed by atoms with van der Waals surface area (Å²) in [4.78, 5) is 0. The van der Waals surface area contributed by atoms with Crippen LogP contribution >= 0.6 is 11.6 Å². The Labute approximate surface area is 89.9 Å². The molecule has 0 radical (unpaired) electrons. The van der Waals surface area contributed by atoms with Crippen LogP contribution in [0.2, 0.25) is 0 Å². The highest BCUT2D eigenvalue weighted by Gasteiger charge is 2.06. The van der Waals surface area contributed by atoms with Crippen molar-refractivity contribution in [2.24, 2.45) is 0 Å². The molecular formula is C11H16ClNO. The standard InChI is InChI=1S/C11H16ClNO/c1-9-5-6-11(14-9)10(2)13-8-4-3-7-12/h3-6,10,13H,7-8H2,1-2H3/b4-3+. The van der Waals surface area contributed by atoms with Gasteiger partial charge in [-0.1, -0.05) is 12.2 Å². The number of allylic oxidation sites excluding steroid dienone is 1. The van der Waals surface area contributed by atoms with E-state index in [9.17, 15) is 0 Å². The van der Waals surface area contributed by atoms with Crippen molar-refractivity contribution in [1.29, 1.82) is 0 Å². The number of nitrogens with one attached hydrogen (secondary N) is 1. The topological polar surface area (TPSA) is 25.2 Å². The normalized spacial score (nSPS) is 13.6. The lowest BCUT2D eigenvalue weighted by molar-refractivity contribution is 0.425. The van der Waals surface area contributed by atoms with Gasteiger partial charge in [0.15, 0.2) is 0 Å². The Balaban J connectivity index is 2.35. The molecule has 0 fully saturated rings. The zero-order valence-electron chi connectivity index (χ0n) is 8.59. The van der Waals surface area contributed by atoms with Crippen LogP contribution in [0.4, 0.5) is 0 Å². The maximum Gasteiger partial charge on any atom is 0.120 e. The Morgan fingerprint density at radius 2 is 2.29 bits per heavy atom. The van der Waals surface area contributed by atoms with Crippen LogP contribution in [0.3, 0.4) is 0 Å². The third-order valence-corrected chi connectivity index (χ3v) is 2.16. The van der Waals surface area contributed by atoms with Gasteiger partial charge < -0.3 is 9.73 Å². The van der Waals surface area contributed by atoms with Crippen LogP contribution in [0.1, 0.15) is 24.5 Å². The lowest BCUT2D eigenvalue weighted by Crippen LogP contribution is -2.17. The van der Waals surface area contributed by atoms with Crippen molar-refractivity contribution in [1.82, 2.24) is 5.32 Å². The molecule has 2 nitrogen and oxygen atoms in total. The van der Waals surface area contributed by atoms with Gasteiger partial charge in [0.2, 0.25) is 0 Å². The van der Waals surface area contributed by atoms with Gasteiger partial charge >= 0.3 is 0 Å². The fraction of sp³-hybridized carbons (Fsp3) is 0.455. The number of halogens is 1. The van der Waals surface area contributed by atoms with Crippen molar-refractivity contribution >= 4 is 11.6 Å². The van der Waals surface area contributed by atoms with E-state index < -0.39 is 0 Å². The first-order chi connectivity index (χ1) is 6.74. The highest BCUT2D eigenvalue weighted by Crippen LogP contribution is 2.14. The zero-order chi connectivity index (χ0) is 10.4. The van der Waals surface area contributed by atoms with Gasteiger partial charge in [0.25, 0.3) is 0 Å². The summed E-state index contributed by atoms with van der Waals surface area (Å²) in [5, 5.41) is 3.31. The molecule has 1 N–H and O–H groups in total. The molecule has 1 atom stereocenters. The molecule has 0 aliphatic heterocycles. The third kappa shape index (κ3) is 3.56. The van der Waals surface area contributed by atoms with Crippen LogP contribution in [0.25, 0.3) is 0 Å². The van der Waals surface area contributed by atoms with E-state index in [2.05, 4.69) is 12.2 Å². The quantitative estimate of drug-likeness (QED) is 0.601. The monoisotopic (exact) mass is 213 g/mol. The molecule has 0 saturated carbocycles. The Hall–Kier alpha value is -0.730. The molecule has 0 aliphatic carbocycles. The fourth-order valence-corrected chi connectivity index (χ4v) is 1.30. The Morgan fingerprint density at radius 3 is 2.86 bits per heavy atom. The minimum absolute atomic E-state index is 0.240. The largest absolute Gasteiger partial charge is 0.465 e. The molecule has 14 heavy (non-hydrogen) atoms. The van der Waals surface area contributed by atoms with E-state index in [-0.39, 0.29) is 6.04 Å². The van der Waals surface area contributed by atoms with Gasteiger partial charge in [-0.05, 0) is 26.0 Å². The molecule has 0 aromatic carbocycles. The van der Waals surface area contributed by atoms with Gasteiger partial charge in [-0.15, -0.1) is 11.6 Å². The molecular weight excluding hydrogens is 198 g/mol. The molecule has 0 amide bonds. The lowest BCUT2D eigenvalue weighted by Gasteiger charge is -2.08. The highest BCUT2D eigenvalue weighted by atomic mass is 35.5. The van der Waals surface area contributed by atoms with Crippen LogP contribution in [0, 0.1) is 6.92 Å². The van der Waals surface area contributed by atoms with Crippen molar-refractivity contribution in [3.8, 4) is 0 Å². The van der Waals surface area contributed by atoms with Crippen LogP contribution in [-0.4, -0.2) is 12.4 Å². The predicted octanol–water partition coefficient (Wildman–Crippen LogP) is 3.03. The first kappa shape index (κ1) is 11.3. The summed E-state index contributed by atoms with van der Waals surface area (Å²) in [6.45, 7) is 4.84. The van der Waals surface area contributed by atoms with Gasteiger partial charge in [-0.25, -0.2) is 0 Å². The Bertz CT molecular complexity index is 293. The number of rotatable bonds is 5. The van der Waals surface area contributed by atoms with Crippen LogP contribution < -0.4 is 5.32 Å². The summed E-state index contributed by atoms with van der Waals surface area (Å²) >= 11 is 5.50. The fourth-order valence-electron chi connectivity index (χ4n) is 1.18. The van der Waals surface area contributed by atoms with E-state index in [0.29, 0.717) is 5.88 Å². The summed E-state index contributed by atoms with van der Waals surface area (Å²) in [7, 11) is 0. The van der Waals surface area contributed by atoms with Crippen LogP contribution in [0.15, 0.2) is 28.7 Å². The van der Waals surface area contributed by atoms with Crippen LogP contribution in [0.5, 0.6) is 0 Å². The molecule has 3 heteroatoms. The van der Waals surface area contributed by atoms with Crippen molar-refractivity contribution < 1.29 is 4.42 Å². The molecule has 0 bridgehead atoms. The second-order valence-corrected chi connectivity index (χ2v) is 3.51. The second-order valence-electron chi connectivity index (χ2n) is 3.20. The van der Waals surface area contributed by atoms with Gasteiger partial charge in [0.1, 0.15) is 11.5 Å². The molecule has 1 unspecified atom stereocenters. The second kappa shape index (κ2) is 5.89. The van der Waals surface area contributed by atoms with Crippen LogP contribution in [-0.2, 0) is 0 Å². The summed E-state index contributed by atoms with van der Waals surface area (Å²) in [6, 6.07) is 4.21. The maximum absolute atomic E-state index is 5.50. The minimum atomic E-state index is 0.240. The van der Waals surface area contributed by atoms with Crippen molar-refractivity contribution in [2.75, 3.05) is 12.4 Å². The van der Waals surface area contributed by atoms with E-state index in [1.165, 1.54) is 0 Å². The van der Waals surface area contributed by atoms with E-state index in [0.717, 1.165) is 18.1 Å². The van der Waals surface area contributed by atoms with E-state index in [4.69, 9.17) is 16.0 Å². The first-order valence-electron chi connectivity index (χ1n) is 4.74. The molecule has 1 rings (SSSR count).